The second-order valence-corrected chi connectivity index (χ2v) is 2.32. The molecular weight excluding hydrogens is 108 g/mol. The fraction of sp³-hybridized carbons (Fsp3) is 1.00. The maximum absolute atomic E-state index is 4.94. The number of hydrogen-bond donors (Lipinski definition) is 0. The largest absolute Gasteiger partial charge is 0.412 e. The number of rotatable bonds is 0. The Labute approximate surface area is 50.3 Å². The summed E-state index contributed by atoms with van der Waals surface area (Å²) in [6.07, 6.45) is 0. The minimum atomic E-state index is 0. The number of hydrogen-bond acceptors (Lipinski definition) is 1. The molecule has 54 valence electrons. The first-order valence-corrected chi connectivity index (χ1v) is 2.11. The third kappa shape index (κ3) is 16.9. The summed E-state index contributed by atoms with van der Waals surface area (Å²) in [4.78, 5) is 0. The van der Waals surface area contributed by atoms with Crippen molar-refractivity contribution < 1.29 is 15.7 Å². The van der Waals surface area contributed by atoms with Crippen molar-refractivity contribution in [1.82, 2.24) is 0 Å². The van der Waals surface area contributed by atoms with Gasteiger partial charge in [0.15, 0.2) is 0 Å². The minimum absolute atomic E-state index is 0. The topological polar surface area (TPSA) is 72.2 Å². The van der Waals surface area contributed by atoms with Gasteiger partial charge < -0.3 is 15.7 Å². The van der Waals surface area contributed by atoms with Gasteiger partial charge in [0.1, 0.15) is 0 Å². The van der Waals surface area contributed by atoms with Crippen LogP contribution in [0.3, 0.4) is 0 Å². The van der Waals surface area contributed by atoms with Crippen LogP contribution in [-0.2, 0) is 4.74 Å². The molecular formula is C5H16O3. The molecule has 3 heteroatoms. The molecule has 0 heterocycles. The molecule has 0 amide bonds. The van der Waals surface area contributed by atoms with Crippen molar-refractivity contribution in [1.29, 1.82) is 0 Å². The van der Waals surface area contributed by atoms with E-state index in [0.717, 1.165) is 0 Å². The molecule has 0 spiro atoms. The second kappa shape index (κ2) is 5.03. The van der Waals surface area contributed by atoms with Crippen LogP contribution in [-0.4, -0.2) is 23.7 Å². The van der Waals surface area contributed by atoms with Gasteiger partial charge in [-0.15, -0.1) is 0 Å². The minimum Gasteiger partial charge on any atom is -0.412 e. The van der Waals surface area contributed by atoms with Gasteiger partial charge in [0.2, 0.25) is 0 Å². The van der Waals surface area contributed by atoms with Gasteiger partial charge in [-0.3, -0.25) is 0 Å². The van der Waals surface area contributed by atoms with Crippen LogP contribution in [0.1, 0.15) is 20.8 Å². The lowest BCUT2D eigenvalue weighted by molar-refractivity contribution is 0.0397. The molecule has 0 aromatic heterocycles. The van der Waals surface area contributed by atoms with Crippen LogP contribution in [0, 0.1) is 0 Å². The maximum Gasteiger partial charge on any atom is 0.0594 e. The lowest BCUT2D eigenvalue weighted by Crippen LogP contribution is -2.15. The van der Waals surface area contributed by atoms with E-state index in [2.05, 4.69) is 0 Å². The molecule has 8 heavy (non-hydrogen) atoms. The van der Waals surface area contributed by atoms with Gasteiger partial charge >= 0.3 is 0 Å². The highest BCUT2D eigenvalue weighted by molar-refractivity contribution is 4.55. The van der Waals surface area contributed by atoms with Crippen molar-refractivity contribution in [2.24, 2.45) is 0 Å². The Hall–Kier alpha value is -0.120. The lowest BCUT2D eigenvalue weighted by Gasteiger charge is -2.14. The van der Waals surface area contributed by atoms with Gasteiger partial charge in [-0.05, 0) is 20.8 Å². The fourth-order valence-corrected chi connectivity index (χ4v) is 0. The van der Waals surface area contributed by atoms with Crippen molar-refractivity contribution in [2.75, 3.05) is 7.11 Å². The zero-order chi connectivity index (χ0) is 5.21. The van der Waals surface area contributed by atoms with Crippen LogP contribution < -0.4 is 0 Å². The highest BCUT2D eigenvalue weighted by Crippen LogP contribution is 2.02. The molecule has 0 rings (SSSR count). The van der Waals surface area contributed by atoms with Gasteiger partial charge in [-0.2, -0.15) is 0 Å². The Kier molecular flexibility index (Phi) is 9.84. The third-order valence-electron chi connectivity index (χ3n) is 0.612. The Balaban J connectivity index is -0.000000125. The molecule has 0 unspecified atom stereocenters. The molecule has 0 bridgehead atoms. The molecule has 3 nitrogen and oxygen atoms in total. The van der Waals surface area contributed by atoms with E-state index in [1.165, 1.54) is 0 Å². The summed E-state index contributed by atoms with van der Waals surface area (Å²) < 4.78 is 4.94. The summed E-state index contributed by atoms with van der Waals surface area (Å²) in [5.41, 5.74) is 0.0417. The average Bonchev–Trinajstić information content (AvgIpc) is 1.35. The third-order valence-corrected chi connectivity index (χ3v) is 0.612. The quantitative estimate of drug-likeness (QED) is 0.440. The second-order valence-electron chi connectivity index (χ2n) is 2.32. The molecule has 0 aliphatic carbocycles. The Morgan fingerprint density at radius 2 is 1.12 bits per heavy atom. The van der Waals surface area contributed by atoms with Crippen LogP contribution in [0.15, 0.2) is 0 Å². The summed E-state index contributed by atoms with van der Waals surface area (Å²) in [6, 6.07) is 0. The highest BCUT2D eigenvalue weighted by Gasteiger charge is 2.03. The summed E-state index contributed by atoms with van der Waals surface area (Å²) >= 11 is 0. The smallest absolute Gasteiger partial charge is 0.0594 e. The zero-order valence-electron chi connectivity index (χ0n) is 5.91. The van der Waals surface area contributed by atoms with E-state index in [1.54, 1.807) is 7.11 Å². The van der Waals surface area contributed by atoms with Gasteiger partial charge in [-0.25, -0.2) is 0 Å². The van der Waals surface area contributed by atoms with Gasteiger partial charge in [0, 0.05) is 7.11 Å². The van der Waals surface area contributed by atoms with Crippen molar-refractivity contribution in [3.05, 3.63) is 0 Å². The molecule has 0 atom stereocenters. The van der Waals surface area contributed by atoms with Crippen molar-refractivity contribution in [2.45, 2.75) is 26.4 Å². The van der Waals surface area contributed by atoms with E-state index in [4.69, 9.17) is 4.74 Å². The van der Waals surface area contributed by atoms with Crippen molar-refractivity contribution in [3.8, 4) is 0 Å². The van der Waals surface area contributed by atoms with E-state index < -0.39 is 0 Å². The van der Waals surface area contributed by atoms with Gasteiger partial charge in [0.25, 0.3) is 0 Å². The predicted molar refractivity (Wildman–Crippen MR) is 34.0 cm³/mol. The molecule has 0 aromatic carbocycles. The van der Waals surface area contributed by atoms with Crippen LogP contribution in [0.4, 0.5) is 0 Å². The average molecular weight is 124 g/mol. The SMILES string of the molecule is COC(C)(C)C.O.O. The Bertz CT molecular complexity index is 37.4. The van der Waals surface area contributed by atoms with Crippen LogP contribution >= 0.6 is 0 Å². The van der Waals surface area contributed by atoms with Crippen molar-refractivity contribution in [3.63, 3.8) is 0 Å². The molecule has 0 aliphatic heterocycles. The normalized spacial score (nSPS) is 9.00. The van der Waals surface area contributed by atoms with Crippen LogP contribution in [0.2, 0.25) is 0 Å². The van der Waals surface area contributed by atoms with Gasteiger partial charge in [0.05, 0.1) is 5.60 Å². The molecule has 0 saturated heterocycles. The summed E-state index contributed by atoms with van der Waals surface area (Å²) in [5.74, 6) is 0. The summed E-state index contributed by atoms with van der Waals surface area (Å²) in [6.45, 7) is 6.06. The molecule has 4 N–H and O–H groups in total. The molecule has 0 saturated carbocycles. The summed E-state index contributed by atoms with van der Waals surface area (Å²) in [5, 5.41) is 0. The highest BCUT2D eigenvalue weighted by atomic mass is 16.5. The molecule has 0 aliphatic rings. The first-order valence-electron chi connectivity index (χ1n) is 2.11. The number of ether oxygens (including phenoxy) is 1. The summed E-state index contributed by atoms with van der Waals surface area (Å²) in [7, 11) is 1.71. The molecule has 0 fully saturated rings. The Morgan fingerprint density at radius 3 is 1.12 bits per heavy atom. The van der Waals surface area contributed by atoms with Crippen molar-refractivity contribution >= 4 is 0 Å². The monoisotopic (exact) mass is 124 g/mol. The number of methoxy groups -OCH3 is 1. The maximum atomic E-state index is 4.94. The fourth-order valence-electron chi connectivity index (χ4n) is 0. The molecule has 0 radical (unpaired) electrons. The predicted octanol–water partition coefficient (Wildman–Crippen LogP) is -0.218. The standard InChI is InChI=1S/C5H12O.2H2O/c1-5(2,3)6-4;;/h1-4H3;2*1H2. The zero-order valence-corrected chi connectivity index (χ0v) is 5.91. The van der Waals surface area contributed by atoms with Crippen LogP contribution in [0.25, 0.3) is 0 Å². The van der Waals surface area contributed by atoms with E-state index in [9.17, 15) is 0 Å². The lowest BCUT2D eigenvalue weighted by atomic mass is 10.2. The van der Waals surface area contributed by atoms with Gasteiger partial charge in [-0.1, -0.05) is 0 Å². The van der Waals surface area contributed by atoms with E-state index >= 15 is 0 Å². The van der Waals surface area contributed by atoms with E-state index in [0.29, 0.717) is 0 Å². The van der Waals surface area contributed by atoms with E-state index in [-0.39, 0.29) is 16.6 Å². The first-order chi connectivity index (χ1) is 2.56. The van der Waals surface area contributed by atoms with Crippen LogP contribution in [0.5, 0.6) is 0 Å². The van der Waals surface area contributed by atoms with E-state index in [1.807, 2.05) is 20.8 Å². The Morgan fingerprint density at radius 1 is 1.00 bits per heavy atom. The first kappa shape index (κ1) is 15.7. The molecule has 0 aromatic rings.